The first-order valence-electron chi connectivity index (χ1n) is 13.1. The summed E-state index contributed by atoms with van der Waals surface area (Å²) in [5.74, 6) is -1.99. The standard InChI is InChI=1S/C26H44N2O5/c1-4-7-10-16-27-24(30)23-20-15-14-19(13-5-2)21(26(32)33-6-3)22(20)25(31)28(23)17-11-8-9-12-18-29/h14-15,19-23,29H,4-13,16-18H2,1-3H3,(H,27,30)/t19-,20+,21-,22+,23+/m1/s1. The van der Waals surface area contributed by atoms with E-state index in [2.05, 4.69) is 19.2 Å². The zero-order valence-corrected chi connectivity index (χ0v) is 20.8. The maximum Gasteiger partial charge on any atom is 0.310 e. The van der Waals surface area contributed by atoms with Crippen LogP contribution in [0.5, 0.6) is 0 Å². The summed E-state index contributed by atoms with van der Waals surface area (Å²) < 4.78 is 5.39. The van der Waals surface area contributed by atoms with Crippen LogP contribution in [0.15, 0.2) is 12.2 Å². The van der Waals surface area contributed by atoms with Crippen LogP contribution >= 0.6 is 0 Å². The van der Waals surface area contributed by atoms with Crippen molar-refractivity contribution in [3.8, 4) is 0 Å². The number of rotatable bonds is 15. The lowest BCUT2D eigenvalue weighted by Crippen LogP contribution is -2.47. The normalized spacial score (nSPS) is 26.4. The summed E-state index contributed by atoms with van der Waals surface area (Å²) in [6.45, 7) is 7.51. The number of carbonyl (C=O) groups excluding carboxylic acids is 3. The maximum absolute atomic E-state index is 13.7. The highest BCUT2D eigenvalue weighted by atomic mass is 16.5. The molecule has 0 saturated carbocycles. The van der Waals surface area contributed by atoms with Gasteiger partial charge in [-0.2, -0.15) is 0 Å². The Morgan fingerprint density at radius 3 is 2.45 bits per heavy atom. The van der Waals surface area contributed by atoms with Crippen LogP contribution in [0.25, 0.3) is 0 Å². The Labute approximate surface area is 199 Å². The van der Waals surface area contributed by atoms with Gasteiger partial charge in [0, 0.05) is 25.6 Å². The van der Waals surface area contributed by atoms with Crippen LogP contribution in [0.1, 0.15) is 78.6 Å². The van der Waals surface area contributed by atoms with Gasteiger partial charge in [0.2, 0.25) is 11.8 Å². The molecule has 0 aromatic rings. The van der Waals surface area contributed by atoms with Gasteiger partial charge in [0.15, 0.2) is 0 Å². The first-order valence-corrected chi connectivity index (χ1v) is 13.1. The van der Waals surface area contributed by atoms with Gasteiger partial charge in [-0.3, -0.25) is 14.4 Å². The quantitative estimate of drug-likeness (QED) is 0.220. The number of amides is 2. The minimum absolute atomic E-state index is 0.0444. The molecule has 2 amide bonds. The summed E-state index contributed by atoms with van der Waals surface area (Å²) >= 11 is 0. The van der Waals surface area contributed by atoms with E-state index in [4.69, 9.17) is 9.84 Å². The van der Waals surface area contributed by atoms with Crippen molar-refractivity contribution in [1.82, 2.24) is 10.2 Å². The van der Waals surface area contributed by atoms with Crippen molar-refractivity contribution in [2.24, 2.45) is 23.7 Å². The number of hydrogen-bond acceptors (Lipinski definition) is 5. The Morgan fingerprint density at radius 1 is 1.03 bits per heavy atom. The van der Waals surface area contributed by atoms with Crippen LogP contribution in [0.3, 0.4) is 0 Å². The molecule has 0 bridgehead atoms. The van der Waals surface area contributed by atoms with E-state index < -0.39 is 17.9 Å². The third kappa shape index (κ3) is 7.05. The molecule has 7 nitrogen and oxygen atoms in total. The molecule has 0 aromatic carbocycles. The molecule has 0 aromatic heterocycles. The fourth-order valence-electron chi connectivity index (χ4n) is 5.35. The molecule has 1 heterocycles. The number of ether oxygens (including phenoxy) is 1. The lowest BCUT2D eigenvalue weighted by atomic mass is 9.69. The average Bonchev–Trinajstić information content (AvgIpc) is 3.08. The van der Waals surface area contributed by atoms with Gasteiger partial charge in [0.05, 0.1) is 18.4 Å². The van der Waals surface area contributed by atoms with E-state index in [1.807, 2.05) is 12.2 Å². The van der Waals surface area contributed by atoms with Gasteiger partial charge in [-0.25, -0.2) is 0 Å². The fraction of sp³-hybridized carbons (Fsp3) is 0.808. The lowest BCUT2D eigenvalue weighted by Gasteiger charge is -2.33. The van der Waals surface area contributed by atoms with Gasteiger partial charge >= 0.3 is 5.97 Å². The molecule has 1 saturated heterocycles. The molecule has 2 rings (SSSR count). The first-order chi connectivity index (χ1) is 16.0. The van der Waals surface area contributed by atoms with Crippen molar-refractivity contribution in [2.45, 2.75) is 84.6 Å². The minimum atomic E-state index is -0.585. The highest BCUT2D eigenvalue weighted by Crippen LogP contribution is 2.45. The van der Waals surface area contributed by atoms with E-state index in [0.29, 0.717) is 13.1 Å². The molecule has 5 atom stereocenters. The number of hydrogen-bond donors (Lipinski definition) is 2. The lowest BCUT2D eigenvalue weighted by molar-refractivity contribution is -0.155. The van der Waals surface area contributed by atoms with Gasteiger partial charge in [-0.1, -0.05) is 58.1 Å². The predicted octanol–water partition coefficient (Wildman–Crippen LogP) is 3.45. The molecule has 1 fully saturated rings. The van der Waals surface area contributed by atoms with E-state index in [1.54, 1.807) is 11.8 Å². The molecule has 33 heavy (non-hydrogen) atoms. The monoisotopic (exact) mass is 464 g/mol. The van der Waals surface area contributed by atoms with Crippen LogP contribution in [-0.2, 0) is 19.1 Å². The van der Waals surface area contributed by atoms with Crippen molar-refractivity contribution >= 4 is 17.8 Å². The van der Waals surface area contributed by atoms with Crippen molar-refractivity contribution in [3.63, 3.8) is 0 Å². The van der Waals surface area contributed by atoms with Gasteiger partial charge in [-0.05, 0) is 38.5 Å². The minimum Gasteiger partial charge on any atom is -0.466 e. The zero-order chi connectivity index (χ0) is 24.2. The molecule has 7 heteroatoms. The molecule has 1 aliphatic heterocycles. The molecule has 0 unspecified atom stereocenters. The van der Waals surface area contributed by atoms with Crippen LogP contribution in [0.4, 0.5) is 0 Å². The molecular weight excluding hydrogens is 420 g/mol. The number of aliphatic hydroxyl groups is 1. The van der Waals surface area contributed by atoms with Gasteiger partial charge in [0.25, 0.3) is 0 Å². The van der Waals surface area contributed by atoms with Crippen molar-refractivity contribution in [1.29, 1.82) is 0 Å². The smallest absolute Gasteiger partial charge is 0.310 e. The van der Waals surface area contributed by atoms with Crippen molar-refractivity contribution in [2.75, 3.05) is 26.3 Å². The first kappa shape index (κ1) is 27.4. The molecule has 1 aliphatic carbocycles. The third-order valence-corrected chi connectivity index (χ3v) is 6.95. The number of esters is 1. The Morgan fingerprint density at radius 2 is 1.79 bits per heavy atom. The molecule has 0 spiro atoms. The predicted molar refractivity (Wildman–Crippen MR) is 128 cm³/mol. The van der Waals surface area contributed by atoms with Gasteiger partial charge < -0.3 is 20.1 Å². The zero-order valence-electron chi connectivity index (χ0n) is 20.8. The molecule has 2 aliphatic rings. The van der Waals surface area contributed by atoms with Crippen LogP contribution < -0.4 is 5.32 Å². The average molecular weight is 465 g/mol. The highest BCUT2D eigenvalue weighted by molar-refractivity contribution is 5.96. The number of allylic oxidation sites excluding steroid dienone is 1. The van der Waals surface area contributed by atoms with Gasteiger partial charge in [0.1, 0.15) is 6.04 Å². The summed E-state index contributed by atoms with van der Waals surface area (Å²) in [5.41, 5.74) is 0. The number of fused-ring (bicyclic) bond motifs is 1. The van der Waals surface area contributed by atoms with E-state index in [9.17, 15) is 14.4 Å². The fourth-order valence-corrected chi connectivity index (χ4v) is 5.35. The summed E-state index contributed by atoms with van der Waals surface area (Å²) in [4.78, 5) is 41.7. The number of unbranched alkanes of at least 4 members (excludes halogenated alkanes) is 5. The van der Waals surface area contributed by atoms with E-state index in [-0.39, 0.29) is 42.8 Å². The SMILES string of the molecule is CCCCCNC(=O)[C@@H]1[C@H]2C=C[C@@H](CCC)[C@@H](C(=O)OCC)[C@H]2C(=O)N1CCCCCCO. The number of nitrogens with zero attached hydrogens (tertiary/aromatic N) is 1. The second-order valence-electron chi connectivity index (χ2n) is 9.33. The summed E-state index contributed by atoms with van der Waals surface area (Å²) in [6.07, 6.45) is 12.1. The summed E-state index contributed by atoms with van der Waals surface area (Å²) in [7, 11) is 0. The van der Waals surface area contributed by atoms with Crippen LogP contribution in [0, 0.1) is 23.7 Å². The molecule has 0 radical (unpaired) electrons. The van der Waals surface area contributed by atoms with Crippen LogP contribution in [0.2, 0.25) is 0 Å². The van der Waals surface area contributed by atoms with Crippen molar-refractivity contribution in [3.05, 3.63) is 12.2 Å². The second kappa shape index (κ2) is 14.4. The number of likely N-dealkylation sites (tertiary alicyclic amines) is 1. The Hall–Kier alpha value is -1.89. The largest absolute Gasteiger partial charge is 0.466 e. The third-order valence-electron chi connectivity index (χ3n) is 6.95. The molecule has 188 valence electrons. The Kier molecular flexibility index (Phi) is 11.9. The number of nitrogens with one attached hydrogen (secondary N) is 1. The second-order valence-corrected chi connectivity index (χ2v) is 9.33. The van der Waals surface area contributed by atoms with Gasteiger partial charge in [-0.15, -0.1) is 0 Å². The topological polar surface area (TPSA) is 95.9 Å². The number of aliphatic hydroxyl groups excluding tert-OH is 1. The highest BCUT2D eigenvalue weighted by Gasteiger charge is 2.57. The van der Waals surface area contributed by atoms with E-state index in [0.717, 1.165) is 57.8 Å². The Balaban J connectivity index is 2.27. The van der Waals surface area contributed by atoms with E-state index >= 15 is 0 Å². The van der Waals surface area contributed by atoms with Crippen LogP contribution in [-0.4, -0.2) is 60.1 Å². The molecule has 2 N–H and O–H groups in total. The molecular formula is C26H44N2O5. The summed E-state index contributed by atoms with van der Waals surface area (Å²) in [6, 6.07) is -0.585. The summed E-state index contributed by atoms with van der Waals surface area (Å²) in [5, 5.41) is 12.1. The Bertz CT molecular complexity index is 665. The number of carbonyl (C=O) groups is 3. The maximum atomic E-state index is 13.7. The van der Waals surface area contributed by atoms with E-state index in [1.165, 1.54) is 0 Å². The van der Waals surface area contributed by atoms with Crippen molar-refractivity contribution < 1.29 is 24.2 Å².